The Hall–Kier alpha value is -1.13. The molecule has 0 amide bonds. The Labute approximate surface area is 119 Å². The zero-order valence-corrected chi connectivity index (χ0v) is 12.2. The third kappa shape index (κ3) is 2.96. The fourth-order valence-electron chi connectivity index (χ4n) is 3.32. The van der Waals surface area contributed by atoms with Gasteiger partial charge in [-0.2, -0.15) is 0 Å². The van der Waals surface area contributed by atoms with Crippen LogP contribution >= 0.6 is 0 Å². The Morgan fingerprint density at radius 3 is 3.00 bits per heavy atom. The van der Waals surface area contributed by atoms with E-state index in [-0.39, 0.29) is 5.56 Å². The van der Waals surface area contributed by atoms with Crippen molar-refractivity contribution in [3.63, 3.8) is 0 Å². The number of nitrogens with one attached hydrogen (secondary N) is 2. The van der Waals surface area contributed by atoms with Crippen molar-refractivity contribution in [3.8, 4) is 0 Å². The molecule has 1 aromatic heterocycles. The molecule has 1 aromatic rings. The number of ether oxygens (including phenoxy) is 1. The minimum atomic E-state index is 0.0146. The highest BCUT2D eigenvalue weighted by atomic mass is 16.5. The molecule has 0 bridgehead atoms. The molecule has 1 unspecified atom stereocenters. The van der Waals surface area contributed by atoms with E-state index < -0.39 is 0 Å². The smallest absolute Gasteiger partial charge is 0.248 e. The van der Waals surface area contributed by atoms with Crippen molar-refractivity contribution in [3.05, 3.63) is 33.7 Å². The largest absolute Gasteiger partial charge is 0.381 e. The summed E-state index contributed by atoms with van der Waals surface area (Å²) in [6.45, 7) is 5.14. The van der Waals surface area contributed by atoms with Crippen molar-refractivity contribution in [1.82, 2.24) is 10.3 Å². The second-order valence-electron chi connectivity index (χ2n) is 6.51. The standard InChI is InChI=1S/C16H24N2O2/c1-16(7-9-20-10-8-16)11-17-13-3-2-4-14-12(13)5-6-15(19)18-14/h5-6,13,17H,2-4,7-11H2,1H3,(H,18,19). The second kappa shape index (κ2) is 5.70. The first-order valence-electron chi connectivity index (χ1n) is 7.70. The van der Waals surface area contributed by atoms with Crippen molar-refractivity contribution in [2.24, 2.45) is 5.41 Å². The number of H-pyrrole nitrogens is 1. The number of hydrogen-bond donors (Lipinski definition) is 2. The van der Waals surface area contributed by atoms with Crippen LogP contribution in [0.3, 0.4) is 0 Å². The summed E-state index contributed by atoms with van der Waals surface area (Å²) >= 11 is 0. The highest BCUT2D eigenvalue weighted by molar-refractivity contribution is 5.26. The molecule has 0 spiro atoms. The van der Waals surface area contributed by atoms with Crippen LogP contribution in [0.2, 0.25) is 0 Å². The van der Waals surface area contributed by atoms with Gasteiger partial charge < -0.3 is 15.0 Å². The molecular weight excluding hydrogens is 252 g/mol. The van der Waals surface area contributed by atoms with Crippen molar-refractivity contribution in [2.75, 3.05) is 19.8 Å². The van der Waals surface area contributed by atoms with Gasteiger partial charge in [0.15, 0.2) is 0 Å². The van der Waals surface area contributed by atoms with Crippen LogP contribution in [0, 0.1) is 5.41 Å². The summed E-state index contributed by atoms with van der Waals surface area (Å²) in [5.74, 6) is 0. The van der Waals surface area contributed by atoms with Crippen molar-refractivity contribution in [2.45, 2.75) is 45.1 Å². The number of aryl methyl sites for hydroxylation is 1. The lowest BCUT2D eigenvalue weighted by molar-refractivity contribution is 0.0226. The monoisotopic (exact) mass is 276 g/mol. The number of fused-ring (bicyclic) bond motifs is 1. The van der Waals surface area contributed by atoms with Crippen LogP contribution in [0.5, 0.6) is 0 Å². The number of rotatable bonds is 3. The van der Waals surface area contributed by atoms with Gasteiger partial charge in [0.1, 0.15) is 0 Å². The Morgan fingerprint density at radius 2 is 2.20 bits per heavy atom. The summed E-state index contributed by atoms with van der Waals surface area (Å²) in [5, 5.41) is 3.73. The molecule has 2 aliphatic rings. The SMILES string of the molecule is CC1(CNC2CCCc3[nH]c(=O)ccc32)CCOCC1. The van der Waals surface area contributed by atoms with Gasteiger partial charge in [-0.15, -0.1) is 0 Å². The summed E-state index contributed by atoms with van der Waals surface area (Å²) in [6, 6.07) is 4.03. The predicted octanol–water partition coefficient (Wildman–Crippen LogP) is 2.16. The molecule has 1 fully saturated rings. The summed E-state index contributed by atoms with van der Waals surface area (Å²) in [4.78, 5) is 14.4. The molecule has 110 valence electrons. The molecule has 2 heterocycles. The van der Waals surface area contributed by atoms with Gasteiger partial charge in [0.05, 0.1) is 0 Å². The lowest BCUT2D eigenvalue weighted by atomic mass is 9.81. The topological polar surface area (TPSA) is 54.1 Å². The number of aromatic amines is 1. The van der Waals surface area contributed by atoms with Crippen molar-refractivity contribution < 1.29 is 4.74 Å². The number of hydrogen-bond acceptors (Lipinski definition) is 3. The van der Waals surface area contributed by atoms with Gasteiger partial charge in [0.2, 0.25) is 5.56 Å². The van der Waals surface area contributed by atoms with Crippen LogP contribution in [-0.4, -0.2) is 24.7 Å². The van der Waals surface area contributed by atoms with Crippen LogP contribution in [0.4, 0.5) is 0 Å². The highest BCUT2D eigenvalue weighted by Crippen LogP contribution is 2.32. The zero-order chi connectivity index (χ0) is 14.0. The Balaban J connectivity index is 1.68. The van der Waals surface area contributed by atoms with Gasteiger partial charge in [0.25, 0.3) is 0 Å². The number of pyridine rings is 1. The molecule has 0 aromatic carbocycles. The zero-order valence-electron chi connectivity index (χ0n) is 12.2. The summed E-state index contributed by atoms with van der Waals surface area (Å²) in [7, 11) is 0. The van der Waals surface area contributed by atoms with E-state index in [4.69, 9.17) is 4.74 Å². The molecule has 1 aliphatic carbocycles. The first kappa shape index (κ1) is 13.8. The van der Waals surface area contributed by atoms with Gasteiger partial charge in [-0.1, -0.05) is 13.0 Å². The van der Waals surface area contributed by atoms with E-state index in [1.54, 1.807) is 6.07 Å². The quantitative estimate of drug-likeness (QED) is 0.889. The van der Waals surface area contributed by atoms with E-state index >= 15 is 0 Å². The normalized spacial score (nSPS) is 25.1. The third-order valence-corrected chi connectivity index (χ3v) is 4.81. The molecule has 4 nitrogen and oxygen atoms in total. The highest BCUT2D eigenvalue weighted by Gasteiger charge is 2.29. The first-order valence-corrected chi connectivity index (χ1v) is 7.70. The number of aromatic nitrogens is 1. The minimum Gasteiger partial charge on any atom is -0.381 e. The molecule has 2 N–H and O–H groups in total. The summed E-state index contributed by atoms with van der Waals surface area (Å²) in [6.07, 6.45) is 5.56. The molecule has 1 aliphatic heterocycles. The van der Waals surface area contributed by atoms with Gasteiger partial charge in [-0.3, -0.25) is 4.79 Å². The Bertz CT molecular complexity index is 517. The maximum atomic E-state index is 11.4. The fraction of sp³-hybridized carbons (Fsp3) is 0.688. The van der Waals surface area contributed by atoms with Gasteiger partial charge in [0, 0.05) is 37.6 Å². The third-order valence-electron chi connectivity index (χ3n) is 4.81. The van der Waals surface area contributed by atoms with E-state index in [0.717, 1.165) is 57.6 Å². The van der Waals surface area contributed by atoms with Crippen LogP contribution in [0.1, 0.15) is 49.9 Å². The molecule has 4 heteroatoms. The predicted molar refractivity (Wildman–Crippen MR) is 78.9 cm³/mol. The maximum absolute atomic E-state index is 11.4. The van der Waals surface area contributed by atoms with Gasteiger partial charge >= 0.3 is 0 Å². The van der Waals surface area contributed by atoms with E-state index in [9.17, 15) is 4.79 Å². The molecule has 20 heavy (non-hydrogen) atoms. The second-order valence-corrected chi connectivity index (χ2v) is 6.51. The maximum Gasteiger partial charge on any atom is 0.248 e. The van der Waals surface area contributed by atoms with Crippen molar-refractivity contribution >= 4 is 0 Å². The summed E-state index contributed by atoms with van der Waals surface area (Å²) < 4.78 is 5.46. The van der Waals surface area contributed by atoms with Gasteiger partial charge in [-0.25, -0.2) is 0 Å². The van der Waals surface area contributed by atoms with E-state index in [0.29, 0.717) is 11.5 Å². The van der Waals surface area contributed by atoms with Crippen molar-refractivity contribution in [1.29, 1.82) is 0 Å². The average Bonchev–Trinajstić information content (AvgIpc) is 2.45. The molecular formula is C16H24N2O2. The van der Waals surface area contributed by atoms with Crippen LogP contribution in [0.25, 0.3) is 0 Å². The minimum absolute atomic E-state index is 0.0146. The molecule has 1 atom stereocenters. The lowest BCUT2D eigenvalue weighted by Crippen LogP contribution is -2.39. The summed E-state index contributed by atoms with van der Waals surface area (Å²) in [5.41, 5.74) is 2.77. The van der Waals surface area contributed by atoms with Crippen LogP contribution in [-0.2, 0) is 11.2 Å². The van der Waals surface area contributed by atoms with E-state index in [1.165, 1.54) is 5.56 Å². The Morgan fingerprint density at radius 1 is 1.40 bits per heavy atom. The molecule has 0 radical (unpaired) electrons. The Kier molecular flexibility index (Phi) is 3.94. The first-order chi connectivity index (χ1) is 9.66. The lowest BCUT2D eigenvalue weighted by Gasteiger charge is -2.36. The van der Waals surface area contributed by atoms with Gasteiger partial charge in [-0.05, 0) is 43.1 Å². The molecule has 0 saturated carbocycles. The van der Waals surface area contributed by atoms with E-state index in [2.05, 4.69) is 17.2 Å². The fourth-order valence-corrected chi connectivity index (χ4v) is 3.32. The molecule has 3 rings (SSSR count). The molecule has 1 saturated heterocycles. The average molecular weight is 276 g/mol. The van der Waals surface area contributed by atoms with E-state index in [1.807, 2.05) is 6.07 Å². The van der Waals surface area contributed by atoms with Crippen LogP contribution < -0.4 is 10.9 Å². The van der Waals surface area contributed by atoms with Crippen LogP contribution in [0.15, 0.2) is 16.9 Å².